The number of carbonyl (C=O) groups is 2. The summed E-state index contributed by atoms with van der Waals surface area (Å²) >= 11 is 2.09. The second-order valence-corrected chi connectivity index (χ2v) is 13.3. The van der Waals surface area contributed by atoms with Crippen LogP contribution in [0.2, 0.25) is 0 Å². The molecule has 0 aromatic carbocycles. The van der Waals surface area contributed by atoms with Crippen LogP contribution < -0.4 is 0 Å². The quantitative estimate of drug-likeness (QED) is 0.327. The highest BCUT2D eigenvalue weighted by molar-refractivity contribution is 14.1. The van der Waals surface area contributed by atoms with Gasteiger partial charge in [-0.3, -0.25) is 9.59 Å². The minimum absolute atomic E-state index is 0.0563. The molecule has 2 saturated carbocycles. The predicted octanol–water partition coefficient (Wildman–Crippen LogP) is 4.07. The molecule has 1 heterocycles. The lowest BCUT2D eigenvalue weighted by Crippen LogP contribution is -2.60. The van der Waals surface area contributed by atoms with Crippen molar-refractivity contribution in [1.82, 2.24) is 5.06 Å². The highest BCUT2D eigenvalue weighted by Gasteiger charge is 2.53. The van der Waals surface area contributed by atoms with Crippen LogP contribution in [0.25, 0.3) is 0 Å². The van der Waals surface area contributed by atoms with Crippen molar-refractivity contribution in [2.24, 2.45) is 17.8 Å². The monoisotopic (exact) mass is 506 g/mol. The Hall–Kier alpha value is -0.410. The molecular formula is C21H33INO5. The lowest BCUT2D eigenvalue weighted by molar-refractivity contribution is -0.299. The molecule has 3 rings (SSSR count). The van der Waals surface area contributed by atoms with E-state index in [0.717, 1.165) is 24.3 Å². The first-order valence-electron chi connectivity index (χ1n) is 10.3. The Morgan fingerprint density at radius 1 is 1.00 bits per heavy atom. The second kappa shape index (κ2) is 7.38. The van der Waals surface area contributed by atoms with Gasteiger partial charge < -0.3 is 9.47 Å². The lowest BCUT2D eigenvalue weighted by atomic mass is 9.80. The fourth-order valence-corrected chi connectivity index (χ4v) is 5.60. The van der Waals surface area contributed by atoms with Crippen LogP contribution in [0, 0.1) is 17.8 Å². The molecule has 1 saturated heterocycles. The van der Waals surface area contributed by atoms with E-state index in [1.165, 1.54) is 0 Å². The van der Waals surface area contributed by atoms with Crippen molar-refractivity contribution in [2.75, 3.05) is 0 Å². The average molecular weight is 506 g/mol. The van der Waals surface area contributed by atoms with Crippen molar-refractivity contribution >= 4 is 34.5 Å². The Balaban J connectivity index is 1.63. The van der Waals surface area contributed by atoms with Gasteiger partial charge >= 0.3 is 11.9 Å². The number of hydrogen-bond acceptors (Lipinski definition) is 5. The number of carbonyl (C=O) groups excluding carboxylic acids is 2. The van der Waals surface area contributed by atoms with Gasteiger partial charge in [0.15, 0.2) is 0 Å². The van der Waals surface area contributed by atoms with Gasteiger partial charge in [-0.25, -0.2) is 0 Å². The molecule has 0 aromatic heterocycles. The molecule has 0 N–H and O–H groups in total. The number of alkyl halides is 1. The molecule has 1 aliphatic heterocycles. The Morgan fingerprint density at radius 2 is 1.57 bits per heavy atom. The highest BCUT2D eigenvalue weighted by Crippen LogP contribution is 2.51. The molecule has 0 aromatic rings. The highest BCUT2D eigenvalue weighted by atomic mass is 127. The van der Waals surface area contributed by atoms with Gasteiger partial charge in [0, 0.05) is 29.8 Å². The summed E-state index contributed by atoms with van der Waals surface area (Å²) in [6.07, 6.45) is 3.22. The summed E-state index contributed by atoms with van der Waals surface area (Å²) in [5.74, 6) is -0.123. The second-order valence-electron chi connectivity index (χ2n) is 10.6. The maximum absolute atomic E-state index is 13.0. The lowest BCUT2D eigenvalue weighted by Gasteiger charge is -2.49. The Bertz CT molecular complexity index is 623. The zero-order valence-electron chi connectivity index (χ0n) is 17.8. The van der Waals surface area contributed by atoms with Gasteiger partial charge in [0.25, 0.3) is 0 Å². The van der Waals surface area contributed by atoms with E-state index in [1.807, 2.05) is 41.5 Å². The van der Waals surface area contributed by atoms with Gasteiger partial charge in [-0.15, -0.1) is 10.3 Å². The molecule has 2 aliphatic carbocycles. The maximum Gasteiger partial charge on any atom is 0.321 e. The molecule has 2 bridgehead atoms. The van der Waals surface area contributed by atoms with Crippen molar-refractivity contribution in [3.63, 3.8) is 0 Å². The molecule has 4 unspecified atom stereocenters. The van der Waals surface area contributed by atoms with E-state index in [9.17, 15) is 14.8 Å². The van der Waals surface area contributed by atoms with E-state index in [4.69, 9.17) is 9.47 Å². The van der Waals surface area contributed by atoms with Gasteiger partial charge in [-0.05, 0) is 66.7 Å². The summed E-state index contributed by atoms with van der Waals surface area (Å²) in [4.78, 5) is 25.3. The smallest absolute Gasteiger partial charge is 0.321 e. The van der Waals surface area contributed by atoms with Crippen LogP contribution in [0.1, 0.15) is 73.6 Å². The summed E-state index contributed by atoms with van der Waals surface area (Å²) < 4.78 is 11.1. The number of halogens is 1. The number of esters is 2. The third-order valence-electron chi connectivity index (χ3n) is 6.64. The van der Waals surface area contributed by atoms with Crippen molar-refractivity contribution in [1.29, 1.82) is 0 Å². The standard InChI is InChI=1S/C21H33INO5/c1-19(2)10-13(11-20(3,4)23(19)26)27-17(24)15-8-12-7-14(15)16(9-12)28-18(25)21(5,6)22/h12-16H,7-11H2,1-6H3. The summed E-state index contributed by atoms with van der Waals surface area (Å²) in [7, 11) is 0. The van der Waals surface area contributed by atoms with Crippen molar-refractivity contribution in [2.45, 2.75) is 100 Å². The van der Waals surface area contributed by atoms with E-state index in [0.29, 0.717) is 18.8 Å². The summed E-state index contributed by atoms with van der Waals surface area (Å²) in [6.45, 7) is 11.3. The normalized spacial score (nSPS) is 35.0. The van der Waals surface area contributed by atoms with Gasteiger partial charge in [-0.1, -0.05) is 22.6 Å². The number of hydrogen-bond donors (Lipinski definition) is 0. The van der Waals surface area contributed by atoms with Gasteiger partial charge in [0.2, 0.25) is 0 Å². The SMILES string of the molecule is CC(C)(I)C(=O)OC1CC2CC(C(=O)OC3CC(C)(C)N([O])C(C)(C)C3)C1C2. The van der Waals surface area contributed by atoms with Crippen LogP contribution in [0.15, 0.2) is 0 Å². The van der Waals surface area contributed by atoms with Crippen LogP contribution in [-0.2, 0) is 24.3 Å². The minimum Gasteiger partial charge on any atom is -0.462 e. The average Bonchev–Trinajstić information content (AvgIpc) is 3.11. The molecule has 1 radical (unpaired) electrons. The van der Waals surface area contributed by atoms with E-state index < -0.39 is 14.5 Å². The molecule has 0 spiro atoms. The van der Waals surface area contributed by atoms with E-state index in [-0.39, 0.29) is 36.0 Å². The minimum atomic E-state index is -0.570. The third kappa shape index (κ3) is 4.36. The van der Waals surface area contributed by atoms with Gasteiger partial charge in [0.1, 0.15) is 15.6 Å². The fraction of sp³-hybridized carbons (Fsp3) is 0.905. The number of fused-ring (bicyclic) bond motifs is 2. The molecule has 159 valence electrons. The molecular weight excluding hydrogens is 473 g/mol. The third-order valence-corrected chi connectivity index (χ3v) is 7.08. The first-order valence-corrected chi connectivity index (χ1v) is 11.4. The van der Waals surface area contributed by atoms with E-state index in [2.05, 4.69) is 22.6 Å². The van der Waals surface area contributed by atoms with Gasteiger partial charge in [-0.2, -0.15) is 0 Å². The molecule has 6 nitrogen and oxygen atoms in total. The Morgan fingerprint density at radius 3 is 2.07 bits per heavy atom. The molecule has 3 fully saturated rings. The Kier molecular flexibility index (Phi) is 5.87. The van der Waals surface area contributed by atoms with Crippen LogP contribution in [-0.4, -0.2) is 43.7 Å². The first kappa shape index (κ1) is 22.3. The van der Waals surface area contributed by atoms with E-state index >= 15 is 0 Å². The first-order chi connectivity index (χ1) is 12.7. The fourth-order valence-electron chi connectivity index (χ4n) is 5.48. The van der Waals surface area contributed by atoms with Crippen LogP contribution in [0.4, 0.5) is 0 Å². The molecule has 3 aliphatic rings. The van der Waals surface area contributed by atoms with Crippen molar-refractivity contribution < 1.29 is 24.3 Å². The molecule has 4 atom stereocenters. The molecule has 0 amide bonds. The predicted molar refractivity (Wildman–Crippen MR) is 112 cm³/mol. The van der Waals surface area contributed by atoms with Crippen LogP contribution in [0.5, 0.6) is 0 Å². The van der Waals surface area contributed by atoms with E-state index in [1.54, 1.807) is 0 Å². The van der Waals surface area contributed by atoms with Crippen LogP contribution >= 0.6 is 22.6 Å². The summed E-state index contributed by atoms with van der Waals surface area (Å²) in [5.41, 5.74) is -1.13. The topological polar surface area (TPSA) is 75.7 Å². The molecule has 28 heavy (non-hydrogen) atoms. The number of rotatable bonds is 4. The van der Waals surface area contributed by atoms with Gasteiger partial charge in [0.05, 0.1) is 5.92 Å². The summed E-state index contributed by atoms with van der Waals surface area (Å²) in [6, 6.07) is 0. The number of hydroxylamine groups is 2. The zero-order valence-corrected chi connectivity index (χ0v) is 19.9. The van der Waals surface area contributed by atoms with Crippen molar-refractivity contribution in [3.05, 3.63) is 0 Å². The number of piperidine rings is 1. The van der Waals surface area contributed by atoms with Crippen molar-refractivity contribution in [3.8, 4) is 0 Å². The maximum atomic E-state index is 13.0. The van der Waals surface area contributed by atoms with Crippen LogP contribution in [0.3, 0.4) is 0 Å². The Labute approximate surface area is 181 Å². The summed E-state index contributed by atoms with van der Waals surface area (Å²) in [5, 5.41) is 13.7. The number of nitrogens with zero attached hydrogens (tertiary/aromatic N) is 1. The zero-order chi connectivity index (χ0) is 21.1. The number of ether oxygens (including phenoxy) is 2. The molecule has 7 heteroatoms. The largest absolute Gasteiger partial charge is 0.462 e.